The van der Waals surface area contributed by atoms with Gasteiger partial charge < -0.3 is 19.1 Å². The van der Waals surface area contributed by atoms with Crippen LogP contribution in [0.3, 0.4) is 0 Å². The van der Waals surface area contributed by atoms with E-state index in [2.05, 4.69) is 29.2 Å². The van der Waals surface area contributed by atoms with Crippen LogP contribution in [0, 0.1) is 0 Å². The smallest absolute Gasteiger partial charge is 0.233 e. The molecule has 3 aliphatic heterocycles. The average Bonchev–Trinajstić information content (AvgIpc) is 3.14. The van der Waals surface area contributed by atoms with Crippen molar-refractivity contribution in [3.8, 4) is 11.5 Å². The van der Waals surface area contributed by atoms with Gasteiger partial charge in [-0.25, -0.2) is 0 Å². The van der Waals surface area contributed by atoms with Gasteiger partial charge in [0.15, 0.2) is 11.5 Å². The van der Waals surface area contributed by atoms with E-state index in [-0.39, 0.29) is 5.91 Å². The van der Waals surface area contributed by atoms with Gasteiger partial charge in [-0.3, -0.25) is 4.79 Å². The molecule has 158 valence electrons. The second-order valence-electron chi connectivity index (χ2n) is 8.11. The fourth-order valence-electron chi connectivity index (χ4n) is 4.76. The summed E-state index contributed by atoms with van der Waals surface area (Å²) in [5.74, 6) is 2.85. The fraction of sp³-hybridized carbons (Fsp3) is 0.458. The molecule has 3 heterocycles. The minimum Gasteiger partial charge on any atom is -0.454 e. The number of hydrogen-bond acceptors (Lipinski definition) is 5. The zero-order valence-electron chi connectivity index (χ0n) is 17.0. The number of carbonyl (C=O) groups is 1. The summed E-state index contributed by atoms with van der Waals surface area (Å²) in [6, 6.07) is 16.5. The molecule has 6 heteroatoms. The fourth-order valence-corrected chi connectivity index (χ4v) is 5.98. The van der Waals surface area contributed by atoms with Gasteiger partial charge in [0.2, 0.25) is 12.7 Å². The Kier molecular flexibility index (Phi) is 5.61. The van der Waals surface area contributed by atoms with E-state index in [1.807, 2.05) is 36.0 Å². The lowest BCUT2D eigenvalue weighted by Gasteiger charge is -2.40. The number of amides is 1. The van der Waals surface area contributed by atoms with Gasteiger partial charge in [0.05, 0.1) is 5.41 Å². The SMILES string of the molecule is O=C(N1CCSC(c2ccc3c(c2)OCO3)CC1)C1(c2ccccc2)CCOCC1. The van der Waals surface area contributed by atoms with E-state index in [0.717, 1.165) is 55.2 Å². The zero-order chi connectivity index (χ0) is 20.4. The van der Waals surface area contributed by atoms with Crippen molar-refractivity contribution in [2.45, 2.75) is 29.9 Å². The van der Waals surface area contributed by atoms with Crippen molar-refractivity contribution in [1.29, 1.82) is 0 Å². The highest BCUT2D eigenvalue weighted by Crippen LogP contribution is 2.42. The predicted octanol–water partition coefficient (Wildman–Crippen LogP) is 4.17. The molecule has 2 aromatic rings. The Morgan fingerprint density at radius 3 is 2.63 bits per heavy atom. The highest BCUT2D eigenvalue weighted by Gasteiger charge is 2.44. The molecule has 1 amide bonds. The minimum atomic E-state index is -0.456. The Labute approximate surface area is 181 Å². The molecular weight excluding hydrogens is 398 g/mol. The Bertz CT molecular complexity index is 897. The number of thioether (sulfide) groups is 1. The maximum Gasteiger partial charge on any atom is 0.233 e. The van der Waals surface area contributed by atoms with Crippen molar-refractivity contribution >= 4 is 17.7 Å². The Morgan fingerprint density at radius 1 is 1.00 bits per heavy atom. The topological polar surface area (TPSA) is 48.0 Å². The summed E-state index contributed by atoms with van der Waals surface area (Å²) in [6.07, 6.45) is 2.45. The molecule has 0 aromatic heterocycles. The summed E-state index contributed by atoms with van der Waals surface area (Å²) in [4.78, 5) is 15.9. The van der Waals surface area contributed by atoms with Crippen molar-refractivity contribution in [3.63, 3.8) is 0 Å². The average molecular weight is 426 g/mol. The number of hydrogen-bond donors (Lipinski definition) is 0. The number of carbonyl (C=O) groups excluding carboxylic acids is 1. The second kappa shape index (κ2) is 8.52. The number of fused-ring (bicyclic) bond motifs is 1. The summed E-state index contributed by atoms with van der Waals surface area (Å²) in [5.41, 5.74) is 1.92. The van der Waals surface area contributed by atoms with Gasteiger partial charge in [-0.1, -0.05) is 36.4 Å². The van der Waals surface area contributed by atoms with Crippen LogP contribution in [-0.4, -0.2) is 49.7 Å². The molecule has 0 aliphatic carbocycles. The van der Waals surface area contributed by atoms with Gasteiger partial charge in [0.1, 0.15) is 0 Å². The Hall–Kier alpha value is -2.18. The summed E-state index contributed by atoms with van der Waals surface area (Å²) < 4.78 is 16.6. The van der Waals surface area contributed by atoms with E-state index in [4.69, 9.17) is 14.2 Å². The Balaban J connectivity index is 1.34. The molecule has 0 bridgehead atoms. The van der Waals surface area contributed by atoms with Gasteiger partial charge >= 0.3 is 0 Å². The van der Waals surface area contributed by atoms with Crippen LogP contribution in [0.5, 0.6) is 11.5 Å². The van der Waals surface area contributed by atoms with Gasteiger partial charge in [0, 0.05) is 37.3 Å². The number of rotatable bonds is 3. The van der Waals surface area contributed by atoms with Crippen LogP contribution in [-0.2, 0) is 14.9 Å². The van der Waals surface area contributed by atoms with Gasteiger partial charge in [0.25, 0.3) is 0 Å². The van der Waals surface area contributed by atoms with E-state index in [0.29, 0.717) is 25.3 Å². The quantitative estimate of drug-likeness (QED) is 0.739. The molecule has 30 heavy (non-hydrogen) atoms. The number of nitrogens with zero attached hydrogens (tertiary/aromatic N) is 1. The summed E-state index contributed by atoms with van der Waals surface area (Å²) >= 11 is 1.93. The molecule has 5 rings (SSSR count). The molecule has 5 nitrogen and oxygen atoms in total. The van der Waals surface area contributed by atoms with Crippen molar-refractivity contribution in [2.75, 3.05) is 38.8 Å². The van der Waals surface area contributed by atoms with Gasteiger partial charge in [-0.2, -0.15) is 11.8 Å². The Morgan fingerprint density at radius 2 is 1.80 bits per heavy atom. The molecule has 2 saturated heterocycles. The zero-order valence-corrected chi connectivity index (χ0v) is 17.9. The summed E-state index contributed by atoms with van der Waals surface area (Å²) in [7, 11) is 0. The van der Waals surface area contributed by atoms with Crippen molar-refractivity contribution < 1.29 is 19.0 Å². The second-order valence-corrected chi connectivity index (χ2v) is 9.42. The highest BCUT2D eigenvalue weighted by molar-refractivity contribution is 7.99. The lowest BCUT2D eigenvalue weighted by molar-refractivity contribution is -0.141. The number of benzene rings is 2. The monoisotopic (exact) mass is 425 g/mol. The molecule has 0 spiro atoms. The molecule has 2 fully saturated rings. The van der Waals surface area contributed by atoms with Gasteiger partial charge in [-0.15, -0.1) is 0 Å². The van der Waals surface area contributed by atoms with E-state index >= 15 is 0 Å². The van der Waals surface area contributed by atoms with E-state index in [1.165, 1.54) is 5.56 Å². The minimum absolute atomic E-state index is 0.268. The lowest BCUT2D eigenvalue weighted by atomic mass is 9.73. The van der Waals surface area contributed by atoms with Crippen LogP contribution in [0.15, 0.2) is 48.5 Å². The van der Waals surface area contributed by atoms with Crippen LogP contribution in [0.1, 0.15) is 35.6 Å². The molecule has 3 aliphatic rings. The first-order valence-corrected chi connectivity index (χ1v) is 11.7. The molecule has 2 aromatic carbocycles. The van der Waals surface area contributed by atoms with Crippen molar-refractivity contribution in [3.05, 3.63) is 59.7 Å². The van der Waals surface area contributed by atoms with Crippen molar-refractivity contribution in [2.24, 2.45) is 0 Å². The first-order valence-electron chi connectivity index (χ1n) is 10.7. The third-order valence-corrected chi connectivity index (χ3v) is 7.81. The van der Waals surface area contributed by atoms with Crippen LogP contribution in [0.2, 0.25) is 0 Å². The van der Waals surface area contributed by atoms with Crippen LogP contribution >= 0.6 is 11.8 Å². The normalized spacial score (nSPS) is 23.1. The largest absolute Gasteiger partial charge is 0.454 e. The molecule has 1 atom stereocenters. The maximum atomic E-state index is 13.8. The predicted molar refractivity (Wildman–Crippen MR) is 117 cm³/mol. The molecule has 0 N–H and O–H groups in total. The molecule has 0 saturated carbocycles. The lowest BCUT2D eigenvalue weighted by Crippen LogP contribution is -2.50. The van der Waals surface area contributed by atoms with E-state index in [1.54, 1.807) is 0 Å². The standard InChI is InChI=1S/C24H27NO4S/c26-23(24(9-13-27-14-10-24)19-4-2-1-3-5-19)25-11-8-22(30-15-12-25)18-6-7-20-21(16-18)29-17-28-20/h1-7,16,22H,8-15,17H2. The first kappa shape index (κ1) is 19.8. The molecule has 1 unspecified atom stereocenters. The first-order chi connectivity index (χ1) is 14.8. The summed E-state index contributed by atoms with van der Waals surface area (Å²) in [5, 5.41) is 0.361. The third-order valence-electron chi connectivity index (χ3n) is 6.48. The summed E-state index contributed by atoms with van der Waals surface area (Å²) in [6.45, 7) is 3.15. The van der Waals surface area contributed by atoms with Gasteiger partial charge in [-0.05, 0) is 42.5 Å². The highest BCUT2D eigenvalue weighted by atomic mass is 32.2. The van der Waals surface area contributed by atoms with E-state index < -0.39 is 5.41 Å². The van der Waals surface area contributed by atoms with Crippen LogP contribution < -0.4 is 9.47 Å². The van der Waals surface area contributed by atoms with Crippen LogP contribution in [0.4, 0.5) is 0 Å². The number of ether oxygens (including phenoxy) is 3. The molecule has 0 radical (unpaired) electrons. The maximum absolute atomic E-state index is 13.8. The third kappa shape index (κ3) is 3.67. The van der Waals surface area contributed by atoms with Crippen molar-refractivity contribution in [1.82, 2.24) is 4.90 Å². The van der Waals surface area contributed by atoms with E-state index in [9.17, 15) is 4.79 Å². The van der Waals surface area contributed by atoms with Crippen LogP contribution in [0.25, 0.3) is 0 Å². The molecular formula is C24H27NO4S.